The van der Waals surface area contributed by atoms with Gasteiger partial charge in [0.15, 0.2) is 0 Å². The summed E-state index contributed by atoms with van der Waals surface area (Å²) in [6.45, 7) is 3.48. The molecule has 0 saturated heterocycles. The van der Waals surface area contributed by atoms with Crippen LogP contribution in [0.25, 0.3) is 0 Å². The van der Waals surface area contributed by atoms with E-state index >= 15 is 0 Å². The first kappa shape index (κ1) is 11.2. The fraction of sp³-hybridized carbons (Fsp3) is 0.818. The molecule has 1 fully saturated rings. The highest BCUT2D eigenvalue weighted by Gasteiger charge is 2.36. The standard InChI is InChI=1S/C11H18O3/c1-11(2,7-9(12)13)10(14)8-5-3-4-6-8/h8H,3-7H2,1-2H3,(H,12,13). The third kappa shape index (κ3) is 2.56. The predicted molar refractivity (Wildman–Crippen MR) is 53.0 cm³/mol. The highest BCUT2D eigenvalue weighted by atomic mass is 16.4. The van der Waals surface area contributed by atoms with Gasteiger partial charge in [0.1, 0.15) is 5.78 Å². The minimum absolute atomic E-state index is 0.0532. The Hall–Kier alpha value is -0.860. The summed E-state index contributed by atoms with van der Waals surface area (Å²) >= 11 is 0. The van der Waals surface area contributed by atoms with Crippen LogP contribution in [-0.2, 0) is 9.59 Å². The van der Waals surface area contributed by atoms with Crippen molar-refractivity contribution in [3.8, 4) is 0 Å². The Bertz CT molecular complexity index is 237. The quantitative estimate of drug-likeness (QED) is 0.753. The maximum atomic E-state index is 11.9. The number of carboxylic acids is 1. The molecular formula is C11H18O3. The van der Waals surface area contributed by atoms with Crippen molar-refractivity contribution in [2.24, 2.45) is 11.3 Å². The van der Waals surface area contributed by atoms with Gasteiger partial charge in [0.05, 0.1) is 6.42 Å². The van der Waals surface area contributed by atoms with E-state index in [9.17, 15) is 9.59 Å². The van der Waals surface area contributed by atoms with Gasteiger partial charge in [-0.15, -0.1) is 0 Å². The van der Waals surface area contributed by atoms with E-state index in [4.69, 9.17) is 5.11 Å². The zero-order valence-electron chi connectivity index (χ0n) is 8.88. The van der Waals surface area contributed by atoms with Gasteiger partial charge in [0.2, 0.25) is 0 Å². The van der Waals surface area contributed by atoms with Crippen LogP contribution in [0.3, 0.4) is 0 Å². The van der Waals surface area contributed by atoms with E-state index in [0.717, 1.165) is 25.7 Å². The lowest BCUT2D eigenvalue weighted by atomic mass is 9.78. The van der Waals surface area contributed by atoms with Crippen molar-refractivity contribution >= 4 is 11.8 Å². The average Bonchev–Trinajstić information content (AvgIpc) is 2.51. The number of rotatable bonds is 4. The van der Waals surface area contributed by atoms with Gasteiger partial charge >= 0.3 is 5.97 Å². The van der Waals surface area contributed by atoms with E-state index in [1.807, 2.05) is 0 Å². The molecule has 14 heavy (non-hydrogen) atoms. The second-order valence-electron chi connectivity index (χ2n) is 4.80. The van der Waals surface area contributed by atoms with Gasteiger partial charge < -0.3 is 5.11 Å². The number of carbonyl (C=O) groups is 2. The minimum atomic E-state index is -0.888. The van der Waals surface area contributed by atoms with Gasteiger partial charge in [-0.3, -0.25) is 9.59 Å². The van der Waals surface area contributed by atoms with Crippen molar-refractivity contribution in [1.29, 1.82) is 0 Å². The van der Waals surface area contributed by atoms with Crippen LogP contribution in [0.1, 0.15) is 46.0 Å². The zero-order valence-corrected chi connectivity index (χ0v) is 8.88. The minimum Gasteiger partial charge on any atom is -0.481 e. The zero-order chi connectivity index (χ0) is 10.8. The first-order chi connectivity index (χ1) is 6.43. The molecule has 0 aromatic carbocycles. The van der Waals surface area contributed by atoms with Crippen molar-refractivity contribution in [2.75, 3.05) is 0 Å². The number of hydrogen-bond acceptors (Lipinski definition) is 2. The molecular weight excluding hydrogens is 180 g/mol. The summed E-state index contributed by atoms with van der Waals surface area (Å²) in [6.07, 6.45) is 4.06. The molecule has 0 atom stereocenters. The average molecular weight is 198 g/mol. The van der Waals surface area contributed by atoms with E-state index in [1.165, 1.54) is 0 Å². The lowest BCUT2D eigenvalue weighted by Crippen LogP contribution is -2.32. The molecule has 3 nitrogen and oxygen atoms in total. The number of Topliss-reactive ketones (excluding diaryl/α,β-unsaturated/α-hetero) is 1. The Morgan fingerprint density at radius 1 is 1.29 bits per heavy atom. The SMILES string of the molecule is CC(C)(CC(=O)O)C(=O)C1CCCC1. The van der Waals surface area contributed by atoms with Crippen LogP contribution in [0.5, 0.6) is 0 Å². The van der Waals surface area contributed by atoms with E-state index < -0.39 is 11.4 Å². The highest BCUT2D eigenvalue weighted by molar-refractivity contribution is 5.89. The molecule has 0 amide bonds. The summed E-state index contributed by atoms with van der Waals surface area (Å²) < 4.78 is 0. The number of ketones is 1. The lowest BCUT2D eigenvalue weighted by molar-refractivity contribution is -0.144. The number of carbonyl (C=O) groups excluding carboxylic acids is 1. The van der Waals surface area contributed by atoms with E-state index in [1.54, 1.807) is 13.8 Å². The fourth-order valence-corrected chi connectivity index (χ4v) is 2.21. The molecule has 1 rings (SSSR count). The third-order valence-electron chi connectivity index (χ3n) is 2.99. The molecule has 0 unspecified atom stereocenters. The van der Waals surface area contributed by atoms with E-state index in [-0.39, 0.29) is 18.1 Å². The topological polar surface area (TPSA) is 54.4 Å². The smallest absolute Gasteiger partial charge is 0.304 e. The van der Waals surface area contributed by atoms with Gasteiger partial charge in [-0.2, -0.15) is 0 Å². The summed E-state index contributed by atoms with van der Waals surface area (Å²) in [7, 11) is 0. The molecule has 80 valence electrons. The molecule has 0 aliphatic heterocycles. The number of carboxylic acid groups (broad SMARTS) is 1. The first-order valence-corrected chi connectivity index (χ1v) is 5.19. The summed E-state index contributed by atoms with van der Waals surface area (Å²) in [5.74, 6) is -0.636. The highest BCUT2D eigenvalue weighted by Crippen LogP contribution is 2.34. The van der Waals surface area contributed by atoms with E-state index in [0.29, 0.717) is 0 Å². The van der Waals surface area contributed by atoms with Crippen molar-refractivity contribution in [3.05, 3.63) is 0 Å². The monoisotopic (exact) mass is 198 g/mol. The molecule has 1 N–H and O–H groups in total. The number of hydrogen-bond donors (Lipinski definition) is 1. The maximum Gasteiger partial charge on any atom is 0.304 e. The normalized spacial score (nSPS) is 18.4. The van der Waals surface area contributed by atoms with Gasteiger partial charge in [0.25, 0.3) is 0 Å². The van der Waals surface area contributed by atoms with Crippen LogP contribution in [0, 0.1) is 11.3 Å². The van der Waals surface area contributed by atoms with Gasteiger partial charge in [0, 0.05) is 11.3 Å². The Morgan fingerprint density at radius 2 is 1.79 bits per heavy atom. The van der Waals surface area contributed by atoms with Crippen LogP contribution in [0.15, 0.2) is 0 Å². The van der Waals surface area contributed by atoms with Crippen LogP contribution < -0.4 is 0 Å². The molecule has 0 heterocycles. The predicted octanol–water partition coefficient (Wildman–Crippen LogP) is 2.25. The molecule has 0 aromatic heterocycles. The van der Waals surface area contributed by atoms with Gasteiger partial charge in [-0.25, -0.2) is 0 Å². The Kier molecular flexibility index (Phi) is 3.29. The van der Waals surface area contributed by atoms with Gasteiger partial charge in [-0.1, -0.05) is 26.7 Å². The molecule has 1 saturated carbocycles. The van der Waals surface area contributed by atoms with Crippen molar-refractivity contribution in [1.82, 2.24) is 0 Å². The number of aliphatic carboxylic acids is 1. The molecule has 0 bridgehead atoms. The largest absolute Gasteiger partial charge is 0.481 e. The second kappa shape index (κ2) is 4.11. The summed E-state index contributed by atoms with van der Waals surface area (Å²) in [6, 6.07) is 0. The molecule has 0 radical (unpaired) electrons. The van der Waals surface area contributed by atoms with E-state index in [2.05, 4.69) is 0 Å². The molecule has 3 heteroatoms. The van der Waals surface area contributed by atoms with Crippen LogP contribution in [0.4, 0.5) is 0 Å². The summed E-state index contributed by atoms with van der Waals surface area (Å²) in [5.41, 5.74) is -0.694. The lowest BCUT2D eigenvalue weighted by Gasteiger charge is -2.24. The van der Waals surface area contributed by atoms with Crippen LogP contribution in [-0.4, -0.2) is 16.9 Å². The summed E-state index contributed by atoms with van der Waals surface area (Å²) in [4.78, 5) is 22.5. The van der Waals surface area contributed by atoms with Gasteiger partial charge in [-0.05, 0) is 12.8 Å². The molecule has 0 aromatic rings. The Morgan fingerprint density at radius 3 is 2.21 bits per heavy atom. The van der Waals surface area contributed by atoms with Crippen LogP contribution >= 0.6 is 0 Å². The van der Waals surface area contributed by atoms with Crippen molar-refractivity contribution in [2.45, 2.75) is 46.0 Å². The first-order valence-electron chi connectivity index (χ1n) is 5.19. The Labute approximate surface area is 84.5 Å². The fourth-order valence-electron chi connectivity index (χ4n) is 2.21. The summed E-state index contributed by atoms with van der Waals surface area (Å²) in [5, 5.41) is 8.69. The second-order valence-corrected chi connectivity index (χ2v) is 4.80. The Balaban J connectivity index is 2.61. The maximum absolute atomic E-state index is 11.9. The molecule has 1 aliphatic rings. The van der Waals surface area contributed by atoms with Crippen molar-refractivity contribution < 1.29 is 14.7 Å². The molecule has 1 aliphatic carbocycles. The third-order valence-corrected chi connectivity index (χ3v) is 2.99. The van der Waals surface area contributed by atoms with Crippen LogP contribution in [0.2, 0.25) is 0 Å². The van der Waals surface area contributed by atoms with Crippen molar-refractivity contribution in [3.63, 3.8) is 0 Å². The molecule has 0 spiro atoms.